The second kappa shape index (κ2) is 6.92. The summed E-state index contributed by atoms with van der Waals surface area (Å²) in [5, 5.41) is 3.28. The van der Waals surface area contributed by atoms with Gasteiger partial charge in [-0.2, -0.15) is 0 Å². The minimum absolute atomic E-state index is 0. The first-order chi connectivity index (χ1) is 8.22. The molecule has 0 unspecified atom stereocenters. The van der Waals surface area contributed by atoms with Gasteiger partial charge in [-0.1, -0.05) is 0 Å². The van der Waals surface area contributed by atoms with Crippen molar-refractivity contribution in [3.63, 3.8) is 0 Å². The van der Waals surface area contributed by atoms with E-state index in [1.54, 1.807) is 19.2 Å². The maximum atomic E-state index is 13.8. The second-order valence-electron chi connectivity index (χ2n) is 4.50. The fourth-order valence-electron chi connectivity index (χ4n) is 2.36. The number of methoxy groups -OCH3 is 1. The Morgan fingerprint density at radius 1 is 1.39 bits per heavy atom. The number of benzene rings is 1. The lowest BCUT2D eigenvalue weighted by molar-refractivity contribution is 0.316. The Bertz CT molecular complexity index is 383. The molecule has 1 aliphatic heterocycles. The van der Waals surface area contributed by atoms with Crippen LogP contribution in [0.25, 0.3) is 0 Å². The molecule has 0 aromatic heterocycles. The Kier molecular flexibility index (Phi) is 5.85. The van der Waals surface area contributed by atoms with Gasteiger partial charge in [0.25, 0.3) is 0 Å². The third kappa shape index (κ3) is 3.34. The zero-order valence-corrected chi connectivity index (χ0v) is 11.3. The summed E-state index contributed by atoms with van der Waals surface area (Å²) in [5.41, 5.74) is 6.74. The van der Waals surface area contributed by atoms with Crippen LogP contribution in [-0.4, -0.2) is 20.2 Å². The van der Waals surface area contributed by atoms with Crippen molar-refractivity contribution in [2.45, 2.75) is 18.9 Å². The number of piperidine rings is 1. The van der Waals surface area contributed by atoms with Crippen molar-refractivity contribution in [2.24, 2.45) is 11.7 Å². The first kappa shape index (κ1) is 15.2. The molecule has 0 bridgehead atoms. The second-order valence-corrected chi connectivity index (χ2v) is 4.50. The maximum absolute atomic E-state index is 13.8. The molecular formula is C13H20ClFN2O. The molecular weight excluding hydrogens is 255 g/mol. The van der Waals surface area contributed by atoms with Crippen LogP contribution in [0.1, 0.15) is 24.4 Å². The molecule has 102 valence electrons. The van der Waals surface area contributed by atoms with E-state index in [1.165, 1.54) is 6.07 Å². The average molecular weight is 275 g/mol. The van der Waals surface area contributed by atoms with Gasteiger partial charge in [-0.15, -0.1) is 12.4 Å². The van der Waals surface area contributed by atoms with Crippen LogP contribution in [0.5, 0.6) is 5.75 Å². The third-order valence-corrected chi connectivity index (χ3v) is 3.45. The average Bonchev–Trinajstić information content (AvgIpc) is 2.39. The Morgan fingerprint density at radius 3 is 2.67 bits per heavy atom. The first-order valence-electron chi connectivity index (χ1n) is 6.02. The van der Waals surface area contributed by atoms with E-state index in [2.05, 4.69) is 5.32 Å². The van der Waals surface area contributed by atoms with E-state index in [1.807, 2.05) is 0 Å². The van der Waals surface area contributed by atoms with E-state index < -0.39 is 0 Å². The third-order valence-electron chi connectivity index (χ3n) is 3.45. The van der Waals surface area contributed by atoms with Crippen LogP contribution in [0.15, 0.2) is 18.2 Å². The molecule has 5 heteroatoms. The van der Waals surface area contributed by atoms with Crippen molar-refractivity contribution in [3.05, 3.63) is 29.6 Å². The highest BCUT2D eigenvalue weighted by Gasteiger charge is 2.24. The lowest BCUT2D eigenvalue weighted by Gasteiger charge is -2.28. The van der Waals surface area contributed by atoms with Crippen LogP contribution in [0.3, 0.4) is 0 Å². The summed E-state index contributed by atoms with van der Waals surface area (Å²) in [6, 6.07) is 4.51. The van der Waals surface area contributed by atoms with E-state index in [-0.39, 0.29) is 24.3 Å². The fourth-order valence-corrected chi connectivity index (χ4v) is 2.36. The molecule has 1 aromatic rings. The molecule has 0 saturated carbocycles. The molecule has 0 spiro atoms. The number of halogens is 2. The summed E-state index contributed by atoms with van der Waals surface area (Å²) in [6.07, 6.45) is 2.00. The van der Waals surface area contributed by atoms with Gasteiger partial charge in [0.2, 0.25) is 0 Å². The van der Waals surface area contributed by atoms with Crippen LogP contribution in [0.2, 0.25) is 0 Å². The minimum Gasteiger partial charge on any atom is -0.497 e. The Hall–Kier alpha value is -0.840. The summed E-state index contributed by atoms with van der Waals surface area (Å²) < 4.78 is 18.9. The van der Waals surface area contributed by atoms with Crippen molar-refractivity contribution >= 4 is 12.4 Å². The van der Waals surface area contributed by atoms with E-state index in [0.29, 0.717) is 17.2 Å². The van der Waals surface area contributed by atoms with Gasteiger partial charge in [-0.25, -0.2) is 4.39 Å². The highest BCUT2D eigenvalue weighted by molar-refractivity contribution is 5.85. The van der Waals surface area contributed by atoms with Crippen LogP contribution in [0, 0.1) is 11.7 Å². The number of nitrogens with two attached hydrogens (primary N) is 1. The van der Waals surface area contributed by atoms with Gasteiger partial charge in [0, 0.05) is 11.6 Å². The topological polar surface area (TPSA) is 47.3 Å². The van der Waals surface area contributed by atoms with Gasteiger partial charge >= 0.3 is 0 Å². The van der Waals surface area contributed by atoms with Gasteiger partial charge in [-0.05, 0) is 50.0 Å². The monoisotopic (exact) mass is 274 g/mol. The summed E-state index contributed by atoms with van der Waals surface area (Å²) >= 11 is 0. The van der Waals surface area contributed by atoms with Crippen molar-refractivity contribution in [1.29, 1.82) is 0 Å². The molecule has 1 fully saturated rings. The van der Waals surface area contributed by atoms with E-state index in [9.17, 15) is 4.39 Å². The summed E-state index contributed by atoms with van der Waals surface area (Å²) in [5.74, 6) is 0.764. The lowest BCUT2D eigenvalue weighted by atomic mass is 9.86. The van der Waals surface area contributed by atoms with E-state index in [0.717, 1.165) is 25.9 Å². The molecule has 0 aliphatic carbocycles. The van der Waals surface area contributed by atoms with Crippen molar-refractivity contribution in [2.75, 3.05) is 20.2 Å². The quantitative estimate of drug-likeness (QED) is 0.889. The predicted octanol–water partition coefficient (Wildman–Crippen LogP) is 2.26. The standard InChI is InChI=1S/C13H19FN2O.ClH/c1-17-10-2-3-12(14)11(8-10)13(15)9-4-6-16-7-5-9;/h2-3,8-9,13,16H,4-7,15H2,1H3;1H/t13-;/m1./s1. The Balaban J connectivity index is 0.00000162. The smallest absolute Gasteiger partial charge is 0.128 e. The zero-order chi connectivity index (χ0) is 12.3. The van der Waals surface area contributed by atoms with Crippen molar-refractivity contribution in [3.8, 4) is 5.75 Å². The lowest BCUT2D eigenvalue weighted by Crippen LogP contribution is -2.34. The van der Waals surface area contributed by atoms with Gasteiger partial charge < -0.3 is 15.8 Å². The van der Waals surface area contributed by atoms with Crippen LogP contribution < -0.4 is 15.8 Å². The predicted molar refractivity (Wildman–Crippen MR) is 72.7 cm³/mol. The van der Waals surface area contributed by atoms with Crippen LogP contribution in [-0.2, 0) is 0 Å². The number of hydrogen-bond acceptors (Lipinski definition) is 3. The summed E-state index contributed by atoms with van der Waals surface area (Å²) in [7, 11) is 1.58. The molecule has 18 heavy (non-hydrogen) atoms. The van der Waals surface area contributed by atoms with Gasteiger partial charge in [-0.3, -0.25) is 0 Å². The van der Waals surface area contributed by atoms with Crippen LogP contribution >= 0.6 is 12.4 Å². The largest absolute Gasteiger partial charge is 0.497 e. The molecule has 1 heterocycles. The normalized spacial score (nSPS) is 17.9. The maximum Gasteiger partial charge on any atom is 0.128 e. The SMILES string of the molecule is COc1ccc(F)c([C@H](N)C2CCNCC2)c1.Cl. The highest BCUT2D eigenvalue weighted by atomic mass is 35.5. The molecule has 0 radical (unpaired) electrons. The Labute approximate surface area is 113 Å². The first-order valence-corrected chi connectivity index (χ1v) is 6.02. The molecule has 2 rings (SSSR count). The summed E-state index contributed by atoms with van der Waals surface area (Å²) in [6.45, 7) is 1.92. The van der Waals surface area contributed by atoms with Crippen LogP contribution in [0.4, 0.5) is 4.39 Å². The number of hydrogen-bond donors (Lipinski definition) is 2. The zero-order valence-electron chi connectivity index (χ0n) is 10.5. The molecule has 3 N–H and O–H groups in total. The number of ether oxygens (including phenoxy) is 1. The molecule has 3 nitrogen and oxygen atoms in total. The number of nitrogens with one attached hydrogen (secondary N) is 1. The fraction of sp³-hybridized carbons (Fsp3) is 0.538. The van der Waals surface area contributed by atoms with Gasteiger partial charge in [0.05, 0.1) is 7.11 Å². The van der Waals surface area contributed by atoms with E-state index in [4.69, 9.17) is 10.5 Å². The molecule has 1 aromatic carbocycles. The highest BCUT2D eigenvalue weighted by Crippen LogP contribution is 2.30. The minimum atomic E-state index is -0.243. The molecule has 0 amide bonds. The van der Waals surface area contributed by atoms with Crippen molar-refractivity contribution < 1.29 is 9.13 Å². The molecule has 1 saturated heterocycles. The Morgan fingerprint density at radius 2 is 2.06 bits per heavy atom. The molecule has 1 atom stereocenters. The van der Waals surface area contributed by atoms with Gasteiger partial charge in [0.1, 0.15) is 11.6 Å². The number of rotatable bonds is 3. The molecule has 1 aliphatic rings. The van der Waals surface area contributed by atoms with Crippen molar-refractivity contribution in [1.82, 2.24) is 5.32 Å². The van der Waals surface area contributed by atoms with E-state index >= 15 is 0 Å². The summed E-state index contributed by atoms with van der Waals surface area (Å²) in [4.78, 5) is 0. The van der Waals surface area contributed by atoms with Gasteiger partial charge in [0.15, 0.2) is 0 Å².